The summed E-state index contributed by atoms with van der Waals surface area (Å²) < 4.78 is 16.2. The molecule has 1 heterocycles. The number of carbonyl (C=O) groups is 3. The number of rotatable bonds is 9. The fraction of sp³-hybridized carbons (Fsp3) is 0.261. The lowest BCUT2D eigenvalue weighted by Gasteiger charge is -2.13. The number of nitrogens with one attached hydrogen (secondary N) is 1. The summed E-state index contributed by atoms with van der Waals surface area (Å²) in [5.41, 5.74) is 1.05. The third-order valence-corrected chi connectivity index (χ3v) is 5.70. The Hall–Kier alpha value is -3.17. The molecule has 174 valence electrons. The minimum absolute atomic E-state index is 0.199. The van der Waals surface area contributed by atoms with Crippen molar-refractivity contribution < 1.29 is 28.6 Å². The van der Waals surface area contributed by atoms with Crippen LogP contribution in [0.25, 0.3) is 6.08 Å². The normalized spacial score (nSPS) is 14.5. The van der Waals surface area contributed by atoms with Gasteiger partial charge in [0.05, 0.1) is 30.3 Å². The predicted molar refractivity (Wildman–Crippen MR) is 128 cm³/mol. The van der Waals surface area contributed by atoms with E-state index >= 15 is 0 Å². The van der Waals surface area contributed by atoms with Crippen molar-refractivity contribution in [2.75, 3.05) is 32.2 Å². The minimum atomic E-state index is -0.552. The number of imide groups is 1. The number of nitrogens with zero attached hydrogens (tertiary/aromatic N) is 1. The lowest BCUT2D eigenvalue weighted by Crippen LogP contribution is -2.36. The van der Waals surface area contributed by atoms with Crippen LogP contribution in [0.2, 0.25) is 5.02 Å². The predicted octanol–water partition coefficient (Wildman–Crippen LogP) is 4.82. The molecule has 10 heteroatoms. The smallest absolute Gasteiger partial charge is 0.294 e. The highest BCUT2D eigenvalue weighted by Crippen LogP contribution is 2.35. The maximum atomic E-state index is 12.8. The van der Waals surface area contributed by atoms with Crippen molar-refractivity contribution in [3.05, 3.63) is 51.9 Å². The van der Waals surface area contributed by atoms with Gasteiger partial charge in [-0.1, -0.05) is 11.6 Å². The second-order valence-electron chi connectivity index (χ2n) is 6.73. The van der Waals surface area contributed by atoms with Gasteiger partial charge in [-0.05, 0) is 62.0 Å². The molecule has 0 atom stereocenters. The average Bonchev–Trinajstić information content (AvgIpc) is 3.03. The fourth-order valence-electron chi connectivity index (χ4n) is 3.04. The van der Waals surface area contributed by atoms with Gasteiger partial charge in [-0.25, -0.2) is 0 Å². The number of ether oxygens (including phenoxy) is 3. The number of anilines is 1. The molecule has 0 aromatic heterocycles. The summed E-state index contributed by atoms with van der Waals surface area (Å²) in [5.74, 6) is 0.553. The monoisotopic (exact) mass is 490 g/mol. The Morgan fingerprint density at radius 2 is 1.85 bits per heavy atom. The van der Waals surface area contributed by atoms with Crippen LogP contribution in [0, 0.1) is 0 Å². The van der Waals surface area contributed by atoms with Crippen molar-refractivity contribution in [1.29, 1.82) is 0 Å². The van der Waals surface area contributed by atoms with Crippen molar-refractivity contribution in [2.45, 2.75) is 13.8 Å². The zero-order chi connectivity index (χ0) is 24.0. The van der Waals surface area contributed by atoms with E-state index in [4.69, 9.17) is 25.8 Å². The largest absolute Gasteiger partial charge is 0.495 e. The number of benzene rings is 2. The molecular formula is C23H23ClN2O6S. The van der Waals surface area contributed by atoms with E-state index in [1.54, 1.807) is 36.4 Å². The highest BCUT2D eigenvalue weighted by atomic mass is 35.5. The zero-order valence-electron chi connectivity index (χ0n) is 18.3. The summed E-state index contributed by atoms with van der Waals surface area (Å²) in [7, 11) is 1.48. The van der Waals surface area contributed by atoms with E-state index in [2.05, 4.69) is 5.32 Å². The zero-order valence-corrected chi connectivity index (χ0v) is 19.9. The SMILES string of the molecule is CCOc1ccc(C=C2SC(=O)N(CC(=O)Nc3ccc(OC)c(Cl)c3)C2=O)c(OCC)c1. The third-order valence-electron chi connectivity index (χ3n) is 4.49. The van der Waals surface area contributed by atoms with Gasteiger partial charge in [0.25, 0.3) is 11.1 Å². The Balaban J connectivity index is 1.73. The molecule has 0 aliphatic carbocycles. The van der Waals surface area contributed by atoms with E-state index in [9.17, 15) is 14.4 Å². The molecule has 0 bridgehead atoms. The molecule has 8 nitrogen and oxygen atoms in total. The van der Waals surface area contributed by atoms with Crippen molar-refractivity contribution in [3.63, 3.8) is 0 Å². The number of halogens is 1. The lowest BCUT2D eigenvalue weighted by molar-refractivity contribution is -0.127. The van der Waals surface area contributed by atoms with Gasteiger partial charge in [-0.15, -0.1) is 0 Å². The highest BCUT2D eigenvalue weighted by Gasteiger charge is 2.36. The van der Waals surface area contributed by atoms with E-state index in [1.165, 1.54) is 13.2 Å². The van der Waals surface area contributed by atoms with Gasteiger partial charge >= 0.3 is 0 Å². The van der Waals surface area contributed by atoms with E-state index in [-0.39, 0.29) is 4.91 Å². The Morgan fingerprint density at radius 1 is 1.09 bits per heavy atom. The molecule has 0 unspecified atom stereocenters. The van der Waals surface area contributed by atoms with Gasteiger partial charge in [0.15, 0.2) is 0 Å². The van der Waals surface area contributed by atoms with Crippen molar-refractivity contribution >= 4 is 52.2 Å². The summed E-state index contributed by atoms with van der Waals surface area (Å²) in [6.45, 7) is 4.23. The molecular weight excluding hydrogens is 468 g/mol. The molecule has 1 fully saturated rings. The highest BCUT2D eigenvalue weighted by molar-refractivity contribution is 8.18. The van der Waals surface area contributed by atoms with Crippen molar-refractivity contribution in [2.24, 2.45) is 0 Å². The van der Waals surface area contributed by atoms with E-state index in [0.717, 1.165) is 16.7 Å². The molecule has 0 saturated carbocycles. The minimum Gasteiger partial charge on any atom is -0.495 e. The first kappa shape index (κ1) is 24.5. The quantitative estimate of drug-likeness (QED) is 0.503. The van der Waals surface area contributed by atoms with Crippen LogP contribution in [0.5, 0.6) is 17.2 Å². The first-order valence-corrected chi connectivity index (χ1v) is 11.3. The van der Waals surface area contributed by atoms with Crippen LogP contribution in [-0.4, -0.2) is 48.8 Å². The first-order valence-electron chi connectivity index (χ1n) is 10.1. The van der Waals surface area contributed by atoms with Gasteiger partial charge in [-0.3, -0.25) is 19.3 Å². The van der Waals surface area contributed by atoms with Crippen molar-refractivity contribution in [1.82, 2.24) is 4.90 Å². The van der Waals surface area contributed by atoms with Gasteiger partial charge in [0.1, 0.15) is 23.8 Å². The van der Waals surface area contributed by atoms with Gasteiger partial charge in [0.2, 0.25) is 5.91 Å². The Labute approximate surface area is 200 Å². The maximum Gasteiger partial charge on any atom is 0.294 e. The van der Waals surface area contributed by atoms with E-state index < -0.39 is 23.6 Å². The molecule has 1 aliphatic heterocycles. The van der Waals surface area contributed by atoms with E-state index in [1.807, 2.05) is 13.8 Å². The van der Waals surface area contributed by atoms with E-state index in [0.29, 0.717) is 46.7 Å². The number of hydrogen-bond acceptors (Lipinski definition) is 7. The van der Waals surface area contributed by atoms with Crippen molar-refractivity contribution in [3.8, 4) is 17.2 Å². The van der Waals surface area contributed by atoms with Gasteiger partial charge in [0, 0.05) is 17.3 Å². The second-order valence-corrected chi connectivity index (χ2v) is 8.13. The lowest BCUT2D eigenvalue weighted by atomic mass is 10.1. The summed E-state index contributed by atoms with van der Waals surface area (Å²) in [6.07, 6.45) is 1.58. The van der Waals surface area contributed by atoms with Crippen LogP contribution in [0.3, 0.4) is 0 Å². The first-order chi connectivity index (χ1) is 15.9. The van der Waals surface area contributed by atoms with Crippen LogP contribution in [0.1, 0.15) is 19.4 Å². The Bertz CT molecular complexity index is 1100. The van der Waals surface area contributed by atoms with Crippen LogP contribution in [0.15, 0.2) is 41.3 Å². The molecule has 2 aromatic rings. The third kappa shape index (κ3) is 6.00. The molecule has 0 spiro atoms. The molecule has 1 saturated heterocycles. The fourth-order valence-corrected chi connectivity index (χ4v) is 4.12. The van der Waals surface area contributed by atoms with Crippen LogP contribution >= 0.6 is 23.4 Å². The Kier molecular flexibility index (Phi) is 8.24. The molecule has 3 amide bonds. The van der Waals surface area contributed by atoms with Crippen LogP contribution < -0.4 is 19.5 Å². The number of amides is 3. The Morgan fingerprint density at radius 3 is 2.52 bits per heavy atom. The van der Waals surface area contributed by atoms with Gasteiger partial charge in [-0.2, -0.15) is 0 Å². The number of hydrogen-bond donors (Lipinski definition) is 1. The standard InChI is InChI=1S/C23H23ClN2O6S/c1-4-31-16-8-6-14(19(12-16)32-5-2)10-20-22(28)26(23(29)33-20)13-21(27)25-15-7-9-18(30-3)17(24)11-15/h6-12H,4-5,13H2,1-3H3,(H,25,27). The maximum absolute atomic E-state index is 12.8. The summed E-state index contributed by atoms with van der Waals surface area (Å²) in [6, 6.07) is 9.98. The van der Waals surface area contributed by atoms with Crippen LogP contribution in [-0.2, 0) is 9.59 Å². The molecule has 1 aliphatic rings. The second kappa shape index (κ2) is 11.1. The number of carbonyl (C=O) groups excluding carboxylic acids is 3. The average molecular weight is 491 g/mol. The summed E-state index contributed by atoms with van der Waals surface area (Å²) in [5, 5.41) is 2.42. The molecule has 2 aromatic carbocycles. The molecule has 33 heavy (non-hydrogen) atoms. The summed E-state index contributed by atoms with van der Waals surface area (Å²) in [4.78, 5) is 38.8. The van der Waals surface area contributed by atoms with Crippen LogP contribution in [0.4, 0.5) is 10.5 Å². The number of thioether (sulfide) groups is 1. The number of methoxy groups -OCH3 is 1. The van der Waals surface area contributed by atoms with Gasteiger partial charge < -0.3 is 19.5 Å². The molecule has 3 rings (SSSR count). The molecule has 0 radical (unpaired) electrons. The topological polar surface area (TPSA) is 94.2 Å². The summed E-state index contributed by atoms with van der Waals surface area (Å²) >= 11 is 6.83. The molecule has 1 N–H and O–H groups in total.